The molecule has 4 nitrogen and oxygen atoms in total. The van der Waals surface area contributed by atoms with Gasteiger partial charge >= 0.3 is 0 Å². The highest BCUT2D eigenvalue weighted by Crippen LogP contribution is 1.78. The van der Waals surface area contributed by atoms with E-state index in [0.29, 0.717) is 0 Å². The third kappa shape index (κ3) is 6.57. The average Bonchev–Trinajstić information content (AvgIpc) is 1.82. The second-order valence-electron chi connectivity index (χ2n) is 2.40. The summed E-state index contributed by atoms with van der Waals surface area (Å²) in [4.78, 5) is 20.9. The van der Waals surface area contributed by atoms with E-state index in [4.69, 9.17) is 5.73 Å². The molecule has 0 atom stereocenters. The lowest BCUT2D eigenvalue weighted by Crippen LogP contribution is -2.28. The minimum absolute atomic E-state index is 0.0695. The standard InChI is InChI=1S/C7H12N2O2/c1-5(2)9-7(11)4-3-6(8)10/h3-5H,1-2H3,(H2,8,10)(H,9,11)/b4-3-. The third-order valence-corrected chi connectivity index (χ3v) is 0.830. The number of rotatable bonds is 3. The number of amides is 2. The van der Waals surface area contributed by atoms with Crippen LogP contribution in [0.5, 0.6) is 0 Å². The number of primary amides is 1. The van der Waals surface area contributed by atoms with Gasteiger partial charge in [-0.3, -0.25) is 9.59 Å². The average molecular weight is 156 g/mol. The van der Waals surface area contributed by atoms with Gasteiger partial charge in [0.15, 0.2) is 0 Å². The first kappa shape index (κ1) is 9.68. The van der Waals surface area contributed by atoms with E-state index in [9.17, 15) is 9.59 Å². The number of hydrogen-bond acceptors (Lipinski definition) is 2. The Balaban J connectivity index is 3.78. The topological polar surface area (TPSA) is 72.2 Å². The molecular formula is C7H12N2O2. The van der Waals surface area contributed by atoms with Gasteiger partial charge in [-0.1, -0.05) is 0 Å². The third-order valence-electron chi connectivity index (χ3n) is 0.830. The first-order chi connectivity index (χ1) is 5.02. The van der Waals surface area contributed by atoms with Gasteiger partial charge in [0.2, 0.25) is 11.8 Å². The van der Waals surface area contributed by atoms with Crippen LogP contribution in [0, 0.1) is 0 Å². The predicted molar refractivity (Wildman–Crippen MR) is 41.6 cm³/mol. The van der Waals surface area contributed by atoms with Crippen molar-refractivity contribution < 1.29 is 9.59 Å². The zero-order chi connectivity index (χ0) is 8.85. The maximum Gasteiger partial charge on any atom is 0.244 e. The minimum atomic E-state index is -0.621. The zero-order valence-electron chi connectivity index (χ0n) is 6.63. The van der Waals surface area contributed by atoms with Crippen LogP contribution in [0.4, 0.5) is 0 Å². The molecule has 3 N–H and O–H groups in total. The molecule has 0 unspecified atom stereocenters. The fraction of sp³-hybridized carbons (Fsp3) is 0.429. The van der Waals surface area contributed by atoms with Crippen molar-refractivity contribution in [3.05, 3.63) is 12.2 Å². The Labute approximate surface area is 65.5 Å². The largest absolute Gasteiger partial charge is 0.366 e. The molecule has 0 saturated heterocycles. The molecule has 0 spiro atoms. The summed E-state index contributed by atoms with van der Waals surface area (Å²) in [7, 11) is 0. The number of carbonyl (C=O) groups is 2. The molecule has 11 heavy (non-hydrogen) atoms. The zero-order valence-corrected chi connectivity index (χ0v) is 6.63. The SMILES string of the molecule is CC(C)NC(=O)/C=C\C(N)=O. The lowest BCUT2D eigenvalue weighted by Gasteiger charge is -2.03. The molecule has 0 aliphatic rings. The van der Waals surface area contributed by atoms with Gasteiger partial charge in [-0.25, -0.2) is 0 Å². The van der Waals surface area contributed by atoms with Crippen LogP contribution in [-0.2, 0) is 9.59 Å². The molecule has 0 radical (unpaired) electrons. The van der Waals surface area contributed by atoms with Gasteiger partial charge in [0.25, 0.3) is 0 Å². The molecule has 62 valence electrons. The van der Waals surface area contributed by atoms with Crippen molar-refractivity contribution >= 4 is 11.8 Å². The number of hydrogen-bond donors (Lipinski definition) is 2. The molecule has 0 aliphatic carbocycles. The van der Waals surface area contributed by atoms with E-state index in [2.05, 4.69) is 5.32 Å². The first-order valence-corrected chi connectivity index (χ1v) is 3.30. The molecule has 4 heteroatoms. The Hall–Kier alpha value is -1.32. The van der Waals surface area contributed by atoms with Gasteiger partial charge in [0.1, 0.15) is 0 Å². The highest BCUT2D eigenvalue weighted by molar-refractivity contribution is 5.95. The molecule has 0 bridgehead atoms. The Kier molecular flexibility index (Phi) is 3.95. The van der Waals surface area contributed by atoms with E-state index in [1.807, 2.05) is 13.8 Å². The maximum absolute atomic E-state index is 10.8. The summed E-state index contributed by atoms with van der Waals surface area (Å²) >= 11 is 0. The highest BCUT2D eigenvalue weighted by Gasteiger charge is 1.96. The van der Waals surface area contributed by atoms with E-state index >= 15 is 0 Å². The second kappa shape index (κ2) is 4.49. The van der Waals surface area contributed by atoms with Gasteiger partial charge in [0, 0.05) is 18.2 Å². The van der Waals surface area contributed by atoms with Crippen molar-refractivity contribution in [1.29, 1.82) is 0 Å². The van der Waals surface area contributed by atoms with Crippen LogP contribution < -0.4 is 11.1 Å². The van der Waals surface area contributed by atoms with E-state index in [0.717, 1.165) is 12.2 Å². The molecule has 0 saturated carbocycles. The van der Waals surface area contributed by atoms with Gasteiger partial charge in [-0.2, -0.15) is 0 Å². The smallest absolute Gasteiger partial charge is 0.244 e. The number of carbonyl (C=O) groups excluding carboxylic acids is 2. The van der Waals surface area contributed by atoms with Crippen molar-refractivity contribution in [3.8, 4) is 0 Å². The normalized spacial score (nSPS) is 10.5. The monoisotopic (exact) mass is 156 g/mol. The fourth-order valence-corrected chi connectivity index (χ4v) is 0.490. The summed E-state index contributed by atoms with van der Waals surface area (Å²) < 4.78 is 0. The molecule has 0 aromatic carbocycles. The van der Waals surface area contributed by atoms with Crippen molar-refractivity contribution in [2.24, 2.45) is 5.73 Å². The molecule has 2 amide bonds. The molecule has 0 rings (SSSR count). The summed E-state index contributed by atoms with van der Waals surface area (Å²) in [5.41, 5.74) is 4.77. The summed E-state index contributed by atoms with van der Waals surface area (Å²) in [6.45, 7) is 3.66. The molecule has 0 aromatic rings. The van der Waals surface area contributed by atoms with Crippen LogP contribution >= 0.6 is 0 Å². The van der Waals surface area contributed by atoms with E-state index in [1.54, 1.807) is 0 Å². The highest BCUT2D eigenvalue weighted by atomic mass is 16.2. The van der Waals surface area contributed by atoms with Crippen LogP contribution in [0.25, 0.3) is 0 Å². The van der Waals surface area contributed by atoms with Crippen molar-refractivity contribution in [2.45, 2.75) is 19.9 Å². The summed E-state index contributed by atoms with van der Waals surface area (Å²) in [6, 6.07) is 0.0695. The molecule has 0 aliphatic heterocycles. The van der Waals surface area contributed by atoms with E-state index in [1.165, 1.54) is 0 Å². The predicted octanol–water partition coefficient (Wildman–Crippen LogP) is -0.448. The number of nitrogens with two attached hydrogens (primary N) is 1. The van der Waals surface area contributed by atoms with Crippen molar-refractivity contribution in [3.63, 3.8) is 0 Å². The quantitative estimate of drug-likeness (QED) is 0.543. The van der Waals surface area contributed by atoms with Crippen molar-refractivity contribution in [2.75, 3.05) is 0 Å². The van der Waals surface area contributed by atoms with E-state index in [-0.39, 0.29) is 11.9 Å². The van der Waals surface area contributed by atoms with E-state index < -0.39 is 5.91 Å². The van der Waals surface area contributed by atoms with Crippen LogP contribution in [-0.4, -0.2) is 17.9 Å². The Morgan fingerprint density at radius 2 is 1.91 bits per heavy atom. The number of nitrogens with one attached hydrogen (secondary N) is 1. The Bertz CT molecular complexity index is 185. The summed E-state index contributed by atoms with van der Waals surface area (Å²) in [5, 5.41) is 2.56. The molecule has 0 fully saturated rings. The fourth-order valence-electron chi connectivity index (χ4n) is 0.490. The second-order valence-corrected chi connectivity index (χ2v) is 2.40. The molecule has 0 aromatic heterocycles. The maximum atomic E-state index is 10.8. The summed E-state index contributed by atoms with van der Waals surface area (Å²) in [6.07, 6.45) is 2.14. The lowest BCUT2D eigenvalue weighted by molar-refractivity contribution is -0.118. The van der Waals surface area contributed by atoms with Gasteiger partial charge in [0.05, 0.1) is 0 Å². The summed E-state index contributed by atoms with van der Waals surface area (Å²) in [5.74, 6) is -0.928. The minimum Gasteiger partial charge on any atom is -0.366 e. The Morgan fingerprint density at radius 1 is 1.36 bits per heavy atom. The molecule has 0 heterocycles. The van der Waals surface area contributed by atoms with Gasteiger partial charge in [-0.15, -0.1) is 0 Å². The Morgan fingerprint density at radius 3 is 2.27 bits per heavy atom. The van der Waals surface area contributed by atoms with Crippen molar-refractivity contribution in [1.82, 2.24) is 5.32 Å². The first-order valence-electron chi connectivity index (χ1n) is 3.30. The van der Waals surface area contributed by atoms with Crippen LogP contribution in [0.3, 0.4) is 0 Å². The van der Waals surface area contributed by atoms with Crippen LogP contribution in [0.15, 0.2) is 12.2 Å². The van der Waals surface area contributed by atoms with Crippen LogP contribution in [0.2, 0.25) is 0 Å². The lowest BCUT2D eigenvalue weighted by atomic mass is 10.3. The van der Waals surface area contributed by atoms with Crippen LogP contribution in [0.1, 0.15) is 13.8 Å². The van der Waals surface area contributed by atoms with Gasteiger partial charge in [-0.05, 0) is 13.8 Å². The van der Waals surface area contributed by atoms with Gasteiger partial charge < -0.3 is 11.1 Å². The molecular weight excluding hydrogens is 144 g/mol.